The van der Waals surface area contributed by atoms with Gasteiger partial charge in [-0.15, -0.1) is 0 Å². The summed E-state index contributed by atoms with van der Waals surface area (Å²) in [4.78, 5) is 25.5. The van der Waals surface area contributed by atoms with Gasteiger partial charge in [-0.2, -0.15) is 9.97 Å². The molecule has 4 aliphatic carbocycles. The number of primary amides is 1. The summed E-state index contributed by atoms with van der Waals surface area (Å²) in [7, 11) is 0. The molecule has 34 heavy (non-hydrogen) atoms. The van der Waals surface area contributed by atoms with E-state index in [1.54, 1.807) is 6.92 Å². The van der Waals surface area contributed by atoms with Gasteiger partial charge in [-0.25, -0.2) is 4.98 Å². The van der Waals surface area contributed by atoms with Gasteiger partial charge in [0.25, 0.3) is 5.91 Å². The number of hydrogen-bond donors (Lipinski definition) is 3. The molecule has 6 rings (SSSR count). The van der Waals surface area contributed by atoms with Crippen LogP contribution < -0.4 is 16.4 Å². The number of nitrogens with two attached hydrogens (primary N) is 1. The lowest BCUT2D eigenvalue weighted by Gasteiger charge is -2.33. The minimum Gasteiger partial charge on any atom is -0.365 e. The molecular weight excluding hydrogens is 430 g/mol. The Kier molecular flexibility index (Phi) is 4.63. The highest BCUT2D eigenvalue weighted by Crippen LogP contribution is 2.76. The van der Waals surface area contributed by atoms with Crippen LogP contribution in [0.3, 0.4) is 0 Å². The molecule has 0 aliphatic heterocycles. The molecule has 178 valence electrons. The van der Waals surface area contributed by atoms with E-state index in [2.05, 4.69) is 37.7 Å². The summed E-state index contributed by atoms with van der Waals surface area (Å²) in [5, 5.41) is 10.9. The summed E-state index contributed by atoms with van der Waals surface area (Å²) in [5.41, 5.74) is 7.33. The van der Waals surface area contributed by atoms with E-state index < -0.39 is 5.91 Å². The second-order valence-corrected chi connectivity index (χ2v) is 10.7. The standard InChI is InChI=1S/C25H31N7O2/c1-15-28-21(32-34-15)23(2)9-5-16(6-10-23)29-20-17(19(26)33)14-27-22(31-20)30-18-13-25(18)8-4-3-7-24(25)11-12-24/h5-6,9,14,18H,3-4,7-8,10-13H2,1-2H3,(H2,26,33)(H2,27,29,30,31)/t18?,23?,25-/m1/s1. The Morgan fingerprint density at radius 3 is 2.71 bits per heavy atom. The zero-order chi connectivity index (χ0) is 23.6. The molecule has 3 fully saturated rings. The van der Waals surface area contributed by atoms with Gasteiger partial charge in [-0.1, -0.05) is 30.2 Å². The average molecular weight is 462 g/mol. The van der Waals surface area contributed by atoms with Gasteiger partial charge in [0.15, 0.2) is 5.82 Å². The number of hydrogen-bond acceptors (Lipinski definition) is 8. The Hall–Kier alpha value is -3.23. The first-order valence-corrected chi connectivity index (χ1v) is 12.2. The molecule has 4 aliphatic rings. The van der Waals surface area contributed by atoms with E-state index in [9.17, 15) is 4.79 Å². The number of nitrogens with zero attached hydrogens (tertiary/aromatic N) is 4. The molecule has 4 N–H and O–H groups in total. The highest BCUT2D eigenvalue weighted by Gasteiger charge is 2.71. The van der Waals surface area contributed by atoms with E-state index in [1.807, 2.05) is 18.2 Å². The van der Waals surface area contributed by atoms with Crippen LogP contribution in [-0.4, -0.2) is 32.1 Å². The lowest BCUT2D eigenvalue weighted by atomic mass is 9.73. The van der Waals surface area contributed by atoms with Crippen LogP contribution in [0.2, 0.25) is 0 Å². The van der Waals surface area contributed by atoms with Crippen LogP contribution in [0.25, 0.3) is 0 Å². The Morgan fingerprint density at radius 1 is 1.21 bits per heavy atom. The third-order valence-electron chi connectivity index (χ3n) is 8.55. The second kappa shape index (κ2) is 7.38. The highest BCUT2D eigenvalue weighted by atomic mass is 16.5. The smallest absolute Gasteiger partial charge is 0.254 e. The molecule has 0 bridgehead atoms. The quantitative estimate of drug-likeness (QED) is 0.588. The summed E-state index contributed by atoms with van der Waals surface area (Å²) < 4.78 is 5.15. The van der Waals surface area contributed by atoms with Crippen molar-refractivity contribution in [1.29, 1.82) is 0 Å². The van der Waals surface area contributed by atoms with Crippen molar-refractivity contribution in [3.05, 3.63) is 47.4 Å². The Balaban J connectivity index is 1.19. The Bertz CT molecular complexity index is 1210. The van der Waals surface area contributed by atoms with Crippen molar-refractivity contribution >= 4 is 17.7 Å². The monoisotopic (exact) mass is 461 g/mol. The molecule has 2 spiro atoms. The van der Waals surface area contributed by atoms with Crippen LogP contribution in [0.4, 0.5) is 11.8 Å². The van der Waals surface area contributed by atoms with Gasteiger partial charge in [0.2, 0.25) is 11.8 Å². The number of carbonyl (C=O) groups is 1. The lowest BCUT2D eigenvalue weighted by Crippen LogP contribution is -2.29. The summed E-state index contributed by atoms with van der Waals surface area (Å²) in [6.45, 7) is 3.84. The van der Waals surface area contributed by atoms with Gasteiger partial charge in [0.1, 0.15) is 11.4 Å². The van der Waals surface area contributed by atoms with E-state index in [4.69, 9.17) is 10.3 Å². The minimum atomic E-state index is -0.561. The van der Waals surface area contributed by atoms with Crippen molar-refractivity contribution in [3.63, 3.8) is 0 Å². The largest absolute Gasteiger partial charge is 0.365 e. The van der Waals surface area contributed by atoms with Gasteiger partial charge >= 0.3 is 0 Å². The van der Waals surface area contributed by atoms with Crippen molar-refractivity contribution in [2.24, 2.45) is 16.6 Å². The summed E-state index contributed by atoms with van der Waals surface area (Å²) in [6, 6.07) is 0.412. The van der Waals surface area contributed by atoms with Gasteiger partial charge < -0.3 is 20.9 Å². The van der Waals surface area contributed by atoms with Gasteiger partial charge in [0.05, 0.1) is 5.41 Å². The van der Waals surface area contributed by atoms with Crippen LogP contribution in [0.1, 0.15) is 80.4 Å². The molecule has 0 aromatic carbocycles. The number of rotatable bonds is 6. The number of anilines is 2. The molecule has 9 heteroatoms. The third-order valence-corrected chi connectivity index (χ3v) is 8.55. The van der Waals surface area contributed by atoms with Crippen molar-refractivity contribution in [1.82, 2.24) is 20.1 Å². The summed E-state index contributed by atoms with van der Waals surface area (Å²) >= 11 is 0. The first-order chi connectivity index (χ1) is 16.3. The van der Waals surface area contributed by atoms with Crippen molar-refractivity contribution in [3.8, 4) is 0 Å². The van der Waals surface area contributed by atoms with Crippen molar-refractivity contribution in [2.45, 2.75) is 76.7 Å². The molecule has 2 unspecified atom stereocenters. The first kappa shape index (κ1) is 21.3. The number of fused-ring (bicyclic) bond motifs is 1. The molecule has 0 saturated heterocycles. The fraction of sp³-hybridized carbons (Fsp3) is 0.560. The van der Waals surface area contributed by atoms with Crippen molar-refractivity contribution < 1.29 is 9.32 Å². The zero-order valence-corrected chi connectivity index (χ0v) is 19.7. The maximum absolute atomic E-state index is 12.1. The maximum atomic E-state index is 12.1. The number of aromatic nitrogens is 4. The van der Waals surface area contributed by atoms with E-state index >= 15 is 0 Å². The fourth-order valence-corrected chi connectivity index (χ4v) is 6.21. The van der Waals surface area contributed by atoms with Crippen LogP contribution >= 0.6 is 0 Å². The number of nitrogens with one attached hydrogen (secondary N) is 2. The molecule has 9 nitrogen and oxygen atoms in total. The molecule has 0 radical (unpaired) electrons. The molecule has 3 atom stereocenters. The predicted octanol–water partition coefficient (Wildman–Crippen LogP) is 4.01. The molecule has 2 aromatic rings. The number of carbonyl (C=O) groups excluding carboxylic acids is 1. The molecule has 2 aromatic heterocycles. The van der Waals surface area contributed by atoms with Crippen LogP contribution in [0.15, 0.2) is 34.6 Å². The first-order valence-electron chi connectivity index (χ1n) is 12.2. The highest BCUT2D eigenvalue weighted by molar-refractivity contribution is 5.97. The topological polar surface area (TPSA) is 132 Å². The fourth-order valence-electron chi connectivity index (χ4n) is 6.21. The molecular formula is C25H31N7O2. The number of allylic oxidation sites excluding steroid dienone is 3. The summed E-state index contributed by atoms with van der Waals surface area (Å²) in [5.74, 6) is 1.59. The van der Waals surface area contributed by atoms with E-state index in [-0.39, 0.29) is 11.0 Å². The van der Waals surface area contributed by atoms with E-state index in [0.29, 0.717) is 46.8 Å². The van der Waals surface area contributed by atoms with E-state index in [0.717, 1.165) is 5.70 Å². The normalized spacial score (nSPS) is 30.8. The van der Waals surface area contributed by atoms with Crippen LogP contribution in [-0.2, 0) is 5.41 Å². The maximum Gasteiger partial charge on any atom is 0.254 e. The third kappa shape index (κ3) is 3.40. The molecule has 1 amide bonds. The van der Waals surface area contributed by atoms with Crippen molar-refractivity contribution in [2.75, 3.05) is 10.6 Å². The second-order valence-electron chi connectivity index (χ2n) is 10.7. The van der Waals surface area contributed by atoms with Gasteiger partial charge in [0, 0.05) is 24.9 Å². The Morgan fingerprint density at radius 2 is 2.03 bits per heavy atom. The zero-order valence-electron chi connectivity index (χ0n) is 19.7. The number of amides is 1. The van der Waals surface area contributed by atoms with Gasteiger partial charge in [-0.05, 0) is 62.4 Å². The lowest BCUT2D eigenvalue weighted by molar-refractivity contribution is 0.100. The molecule has 3 saturated carbocycles. The van der Waals surface area contributed by atoms with Crippen LogP contribution in [0, 0.1) is 17.8 Å². The summed E-state index contributed by atoms with van der Waals surface area (Å²) in [6.07, 6.45) is 17.5. The van der Waals surface area contributed by atoms with Gasteiger partial charge in [-0.3, -0.25) is 4.79 Å². The molecule has 2 heterocycles. The predicted molar refractivity (Wildman–Crippen MR) is 127 cm³/mol. The number of aryl methyl sites for hydroxylation is 1. The van der Waals surface area contributed by atoms with E-state index in [1.165, 1.54) is 51.1 Å². The average Bonchev–Trinajstić information content (AvgIpc) is 3.69. The Labute approximate surface area is 198 Å². The SMILES string of the molecule is Cc1nc(C2(C)C=CC(Nc3nc(NC4C[C@]45CCCCC54CC4)ncc3C(N)=O)=CC2)no1. The minimum absolute atomic E-state index is 0.267. The van der Waals surface area contributed by atoms with Crippen LogP contribution in [0.5, 0.6) is 0 Å².